The SMILES string of the molecule is Cc1cc(C)cc(C(c2cc(C)cc(C)c2)C2C=CC=C2Cc2ccccc2)c1. The molecule has 0 heteroatoms. The van der Waals surface area contributed by atoms with Gasteiger partial charge < -0.3 is 0 Å². The highest BCUT2D eigenvalue weighted by Crippen LogP contribution is 2.41. The first kappa shape index (κ1) is 19.5. The molecule has 0 fully saturated rings. The zero-order valence-electron chi connectivity index (χ0n) is 17.9. The lowest BCUT2D eigenvalue weighted by atomic mass is 9.75. The first-order valence-corrected chi connectivity index (χ1v) is 10.6. The molecule has 0 bridgehead atoms. The van der Waals surface area contributed by atoms with Crippen molar-refractivity contribution >= 4 is 0 Å². The molecule has 0 aromatic heterocycles. The third-order valence-electron chi connectivity index (χ3n) is 5.87. The van der Waals surface area contributed by atoms with E-state index >= 15 is 0 Å². The van der Waals surface area contributed by atoms with Gasteiger partial charge in [-0.3, -0.25) is 0 Å². The molecule has 0 heterocycles. The zero-order valence-corrected chi connectivity index (χ0v) is 17.9. The summed E-state index contributed by atoms with van der Waals surface area (Å²) in [6.45, 7) is 8.83. The summed E-state index contributed by atoms with van der Waals surface area (Å²) in [6.07, 6.45) is 7.99. The van der Waals surface area contributed by atoms with E-state index in [9.17, 15) is 0 Å². The van der Waals surface area contributed by atoms with Crippen molar-refractivity contribution in [2.24, 2.45) is 5.92 Å². The van der Waals surface area contributed by atoms with Crippen molar-refractivity contribution in [3.8, 4) is 0 Å². The molecule has 0 N–H and O–H groups in total. The van der Waals surface area contributed by atoms with Crippen LogP contribution >= 0.6 is 0 Å². The number of aryl methyl sites for hydroxylation is 4. The number of benzene rings is 3. The lowest BCUT2D eigenvalue weighted by Crippen LogP contribution is -2.16. The van der Waals surface area contributed by atoms with Crippen molar-refractivity contribution < 1.29 is 0 Å². The Morgan fingerprint density at radius 2 is 1.21 bits per heavy atom. The molecular formula is C29H30. The molecule has 0 aliphatic heterocycles. The third-order valence-corrected chi connectivity index (χ3v) is 5.87. The van der Waals surface area contributed by atoms with Gasteiger partial charge in [-0.1, -0.05) is 113 Å². The van der Waals surface area contributed by atoms with Gasteiger partial charge in [0.05, 0.1) is 0 Å². The quantitative estimate of drug-likeness (QED) is 0.434. The predicted octanol–water partition coefficient (Wildman–Crippen LogP) is 7.41. The van der Waals surface area contributed by atoms with Crippen LogP contribution in [0.3, 0.4) is 0 Å². The maximum absolute atomic E-state index is 2.40. The number of rotatable bonds is 5. The second-order valence-corrected chi connectivity index (χ2v) is 8.63. The summed E-state index contributed by atoms with van der Waals surface area (Å²) in [5, 5.41) is 0. The minimum Gasteiger partial charge on any atom is -0.0764 e. The first-order chi connectivity index (χ1) is 14.0. The van der Waals surface area contributed by atoms with E-state index in [-0.39, 0.29) is 0 Å². The van der Waals surface area contributed by atoms with Gasteiger partial charge in [0.25, 0.3) is 0 Å². The molecule has 4 rings (SSSR count). The van der Waals surface area contributed by atoms with Gasteiger partial charge >= 0.3 is 0 Å². The van der Waals surface area contributed by atoms with E-state index in [0.29, 0.717) is 11.8 Å². The van der Waals surface area contributed by atoms with E-state index < -0.39 is 0 Å². The van der Waals surface area contributed by atoms with Crippen LogP contribution in [0.5, 0.6) is 0 Å². The largest absolute Gasteiger partial charge is 0.0764 e. The van der Waals surface area contributed by atoms with Gasteiger partial charge in [0.1, 0.15) is 0 Å². The predicted molar refractivity (Wildman–Crippen MR) is 125 cm³/mol. The molecular weight excluding hydrogens is 348 g/mol. The summed E-state index contributed by atoms with van der Waals surface area (Å²) >= 11 is 0. The molecule has 3 aromatic rings. The first-order valence-electron chi connectivity index (χ1n) is 10.6. The Hall–Kier alpha value is -2.86. The van der Waals surface area contributed by atoms with Crippen LogP contribution in [0, 0.1) is 33.6 Å². The van der Waals surface area contributed by atoms with Crippen LogP contribution in [0.4, 0.5) is 0 Å². The highest BCUT2D eigenvalue weighted by Gasteiger charge is 2.28. The van der Waals surface area contributed by atoms with E-state index in [0.717, 1.165) is 6.42 Å². The fourth-order valence-electron chi connectivity index (χ4n) is 4.85. The molecule has 0 radical (unpaired) electrons. The van der Waals surface area contributed by atoms with E-state index in [1.165, 1.54) is 44.5 Å². The minimum absolute atomic E-state index is 0.334. The van der Waals surface area contributed by atoms with Crippen molar-refractivity contribution in [1.29, 1.82) is 0 Å². The van der Waals surface area contributed by atoms with Crippen LogP contribution in [-0.4, -0.2) is 0 Å². The second kappa shape index (κ2) is 8.25. The molecule has 0 spiro atoms. The average molecular weight is 379 g/mol. The Labute approximate surface area is 175 Å². The van der Waals surface area contributed by atoms with Crippen molar-refractivity contribution in [1.82, 2.24) is 0 Å². The average Bonchev–Trinajstić information content (AvgIpc) is 3.09. The Morgan fingerprint density at radius 3 is 1.72 bits per heavy atom. The molecule has 29 heavy (non-hydrogen) atoms. The number of hydrogen-bond donors (Lipinski definition) is 0. The van der Waals surface area contributed by atoms with Crippen LogP contribution in [-0.2, 0) is 6.42 Å². The number of allylic oxidation sites excluding steroid dienone is 4. The van der Waals surface area contributed by atoms with Gasteiger partial charge in [0.15, 0.2) is 0 Å². The lowest BCUT2D eigenvalue weighted by Gasteiger charge is -2.28. The second-order valence-electron chi connectivity index (χ2n) is 8.63. The molecule has 1 atom stereocenters. The van der Waals surface area contributed by atoms with Gasteiger partial charge in [0.2, 0.25) is 0 Å². The normalized spacial score (nSPS) is 15.8. The van der Waals surface area contributed by atoms with E-state index in [2.05, 4.69) is 113 Å². The van der Waals surface area contributed by atoms with Crippen molar-refractivity contribution in [3.05, 3.63) is 129 Å². The molecule has 146 valence electrons. The van der Waals surface area contributed by atoms with Crippen LogP contribution in [0.2, 0.25) is 0 Å². The maximum atomic E-state index is 2.40. The molecule has 1 unspecified atom stereocenters. The third kappa shape index (κ3) is 4.43. The van der Waals surface area contributed by atoms with Crippen molar-refractivity contribution in [3.63, 3.8) is 0 Å². The number of hydrogen-bond acceptors (Lipinski definition) is 0. The molecule has 0 amide bonds. The summed E-state index contributed by atoms with van der Waals surface area (Å²) in [4.78, 5) is 0. The molecule has 0 saturated heterocycles. The lowest BCUT2D eigenvalue weighted by molar-refractivity contribution is 0.643. The van der Waals surface area contributed by atoms with Gasteiger partial charge in [-0.25, -0.2) is 0 Å². The molecule has 1 aliphatic rings. The fraction of sp³-hybridized carbons (Fsp3) is 0.241. The topological polar surface area (TPSA) is 0 Å². The van der Waals surface area contributed by atoms with E-state index in [4.69, 9.17) is 0 Å². The minimum atomic E-state index is 0.334. The summed E-state index contributed by atoms with van der Waals surface area (Å²) in [5.41, 5.74) is 11.1. The van der Waals surface area contributed by atoms with Gasteiger partial charge in [-0.05, 0) is 50.8 Å². The van der Waals surface area contributed by atoms with Crippen molar-refractivity contribution in [2.75, 3.05) is 0 Å². The van der Waals surface area contributed by atoms with Gasteiger partial charge in [-0.15, -0.1) is 0 Å². The highest BCUT2D eigenvalue weighted by molar-refractivity contribution is 5.46. The Balaban J connectivity index is 1.79. The monoisotopic (exact) mass is 378 g/mol. The Bertz CT molecular complexity index is 974. The Morgan fingerprint density at radius 1 is 0.690 bits per heavy atom. The summed E-state index contributed by atoms with van der Waals surface area (Å²) < 4.78 is 0. The van der Waals surface area contributed by atoms with Crippen molar-refractivity contribution in [2.45, 2.75) is 40.0 Å². The smallest absolute Gasteiger partial charge is 0.0190 e. The van der Waals surface area contributed by atoms with Gasteiger partial charge in [0, 0.05) is 11.8 Å². The fourth-order valence-corrected chi connectivity index (χ4v) is 4.85. The van der Waals surface area contributed by atoms with Crippen LogP contribution in [0.15, 0.2) is 90.5 Å². The Kier molecular flexibility index (Phi) is 5.53. The van der Waals surface area contributed by atoms with E-state index in [1.807, 2.05) is 0 Å². The molecule has 3 aromatic carbocycles. The summed E-state index contributed by atoms with van der Waals surface area (Å²) in [7, 11) is 0. The summed E-state index contributed by atoms with van der Waals surface area (Å²) in [6, 6.07) is 24.9. The van der Waals surface area contributed by atoms with Crippen LogP contribution in [0.1, 0.15) is 44.9 Å². The molecule has 1 aliphatic carbocycles. The van der Waals surface area contributed by atoms with E-state index in [1.54, 1.807) is 0 Å². The van der Waals surface area contributed by atoms with Gasteiger partial charge in [-0.2, -0.15) is 0 Å². The molecule has 0 nitrogen and oxygen atoms in total. The maximum Gasteiger partial charge on any atom is 0.0190 e. The summed E-state index contributed by atoms with van der Waals surface area (Å²) in [5.74, 6) is 0.721. The zero-order chi connectivity index (χ0) is 20.4. The highest BCUT2D eigenvalue weighted by atomic mass is 14.3. The molecule has 0 saturated carbocycles. The van der Waals surface area contributed by atoms with Crippen LogP contribution < -0.4 is 0 Å². The standard InChI is InChI=1S/C29H30/c1-20-13-21(2)16-26(15-20)29(27-17-22(3)14-23(4)18-27)28-12-8-11-25(28)19-24-9-6-5-7-10-24/h5-18,28-29H,19H2,1-4H3. The van der Waals surface area contributed by atoms with Crippen LogP contribution in [0.25, 0.3) is 0 Å².